The molecule has 0 unspecified atom stereocenters. The topological polar surface area (TPSA) is 47.6 Å². The number of ether oxygens (including phenoxy) is 2. The van der Waals surface area contributed by atoms with Gasteiger partial charge in [-0.25, -0.2) is 4.79 Å². The van der Waals surface area contributed by atoms with Gasteiger partial charge < -0.3 is 14.8 Å². The van der Waals surface area contributed by atoms with Gasteiger partial charge in [0.15, 0.2) is 0 Å². The molecule has 152 valence electrons. The van der Waals surface area contributed by atoms with Gasteiger partial charge in [-0.05, 0) is 36.4 Å². The molecular formula is C26H25NO3. The monoisotopic (exact) mass is 399 g/mol. The lowest BCUT2D eigenvalue weighted by atomic mass is 10.2. The summed E-state index contributed by atoms with van der Waals surface area (Å²) in [5, 5.41) is 2.46. The highest BCUT2D eigenvalue weighted by Gasteiger charge is 2.06. The van der Waals surface area contributed by atoms with Gasteiger partial charge in [-0.15, -0.1) is 12.8 Å². The predicted octanol–water partition coefficient (Wildman–Crippen LogP) is 4.76. The number of rotatable bonds is 1. The van der Waals surface area contributed by atoms with Gasteiger partial charge in [-0.2, -0.15) is 0 Å². The van der Waals surface area contributed by atoms with Crippen molar-refractivity contribution in [3.05, 3.63) is 102 Å². The molecule has 1 aliphatic rings. The minimum atomic E-state index is -0.296. The molecular weight excluding hydrogens is 374 g/mol. The summed E-state index contributed by atoms with van der Waals surface area (Å²) in [6.07, 6.45) is 7.70. The van der Waals surface area contributed by atoms with Gasteiger partial charge in [0.1, 0.15) is 12.4 Å². The molecule has 0 atom stereocenters. The van der Waals surface area contributed by atoms with E-state index in [1.54, 1.807) is 7.11 Å². The molecule has 0 radical (unpaired) electrons. The molecule has 1 saturated heterocycles. The fraction of sp³-hybridized carbons (Fsp3) is 0.115. The van der Waals surface area contributed by atoms with Gasteiger partial charge >= 0.3 is 6.09 Å². The van der Waals surface area contributed by atoms with Crippen molar-refractivity contribution < 1.29 is 14.3 Å². The van der Waals surface area contributed by atoms with E-state index in [4.69, 9.17) is 4.74 Å². The number of carbonyl (C=O) groups excluding carboxylic acids is 1. The average Bonchev–Trinajstić information content (AvgIpc) is 3.33. The number of cyclic esters (lactones) is 1. The number of nitrogens with one attached hydrogen (secondary N) is 1. The van der Waals surface area contributed by atoms with Gasteiger partial charge in [-0.3, -0.25) is 0 Å². The molecule has 0 aromatic heterocycles. The van der Waals surface area contributed by atoms with Gasteiger partial charge in [0.25, 0.3) is 0 Å². The van der Waals surface area contributed by atoms with Crippen LogP contribution in [0.25, 0.3) is 0 Å². The summed E-state index contributed by atoms with van der Waals surface area (Å²) in [6.45, 7) is 1.19. The Labute approximate surface area is 178 Å². The molecule has 0 aliphatic carbocycles. The highest BCUT2D eigenvalue weighted by molar-refractivity contribution is 5.68. The van der Waals surface area contributed by atoms with Crippen LogP contribution in [0.4, 0.5) is 4.79 Å². The molecule has 3 aromatic carbocycles. The Morgan fingerprint density at radius 3 is 1.50 bits per heavy atom. The Balaban J connectivity index is 0.000000238. The Kier molecular flexibility index (Phi) is 12.6. The molecule has 0 spiro atoms. The summed E-state index contributed by atoms with van der Waals surface area (Å²) in [6, 6.07) is 29.7. The molecule has 4 heteroatoms. The third kappa shape index (κ3) is 10.9. The summed E-state index contributed by atoms with van der Waals surface area (Å²) in [5.41, 5.74) is 2.10. The normalized spacial score (nSPS) is 10.4. The van der Waals surface area contributed by atoms with Crippen molar-refractivity contribution in [1.29, 1.82) is 0 Å². The number of para-hydroxylation sites is 1. The van der Waals surface area contributed by atoms with Crippen LogP contribution < -0.4 is 10.1 Å². The van der Waals surface area contributed by atoms with Crippen LogP contribution in [-0.4, -0.2) is 26.4 Å². The van der Waals surface area contributed by atoms with Crippen molar-refractivity contribution in [3.63, 3.8) is 0 Å². The summed E-state index contributed by atoms with van der Waals surface area (Å²) in [4.78, 5) is 9.91. The minimum absolute atomic E-state index is 0.296. The number of benzene rings is 3. The molecule has 1 heterocycles. The van der Waals surface area contributed by atoms with Crippen LogP contribution >= 0.6 is 0 Å². The maximum Gasteiger partial charge on any atom is 0.407 e. The van der Waals surface area contributed by atoms with E-state index in [9.17, 15) is 4.79 Å². The molecule has 0 saturated carbocycles. The number of terminal acetylenes is 1. The van der Waals surface area contributed by atoms with Crippen molar-refractivity contribution in [3.8, 4) is 30.4 Å². The van der Waals surface area contributed by atoms with Gasteiger partial charge in [0.2, 0.25) is 0 Å². The number of amides is 1. The molecule has 0 bridgehead atoms. The summed E-state index contributed by atoms with van der Waals surface area (Å²) < 4.78 is 9.32. The molecule has 30 heavy (non-hydrogen) atoms. The molecule has 1 aliphatic heterocycles. The van der Waals surface area contributed by atoms with Gasteiger partial charge in [0.05, 0.1) is 13.7 Å². The smallest absolute Gasteiger partial charge is 0.407 e. The van der Waals surface area contributed by atoms with Gasteiger partial charge in [0, 0.05) is 11.1 Å². The maximum atomic E-state index is 9.91. The molecule has 4 rings (SSSR count). The van der Waals surface area contributed by atoms with Crippen LogP contribution in [0.1, 0.15) is 11.1 Å². The molecule has 1 fully saturated rings. The Morgan fingerprint density at radius 2 is 1.23 bits per heavy atom. The number of carbonyl (C=O) groups is 1. The minimum Gasteiger partial charge on any atom is -0.497 e. The first-order valence-electron chi connectivity index (χ1n) is 9.23. The summed E-state index contributed by atoms with van der Waals surface area (Å²) >= 11 is 0. The molecule has 3 aromatic rings. The van der Waals surface area contributed by atoms with Crippen molar-refractivity contribution in [1.82, 2.24) is 5.32 Å². The van der Waals surface area contributed by atoms with E-state index < -0.39 is 0 Å². The quantitative estimate of drug-likeness (QED) is 0.601. The number of alkyl carbamates (subject to hydrolysis) is 1. The van der Waals surface area contributed by atoms with E-state index in [0.717, 1.165) is 16.9 Å². The average molecular weight is 399 g/mol. The Morgan fingerprint density at radius 1 is 0.800 bits per heavy atom. The predicted molar refractivity (Wildman–Crippen MR) is 121 cm³/mol. The molecule has 1 amide bonds. The largest absolute Gasteiger partial charge is 0.497 e. The second kappa shape index (κ2) is 15.9. The lowest BCUT2D eigenvalue weighted by Crippen LogP contribution is -2.11. The van der Waals surface area contributed by atoms with Crippen LogP contribution in [0, 0.1) is 24.7 Å². The number of hydrogen-bond donors (Lipinski definition) is 1. The van der Waals surface area contributed by atoms with E-state index in [-0.39, 0.29) is 6.09 Å². The van der Waals surface area contributed by atoms with Gasteiger partial charge in [-0.1, -0.05) is 66.4 Å². The van der Waals surface area contributed by atoms with E-state index in [0.29, 0.717) is 13.2 Å². The first kappa shape index (κ1) is 23.9. The Hall–Kier alpha value is -4.15. The first-order chi connectivity index (χ1) is 14.8. The SMILES string of the molecule is C#C.C(#Cc1ccccc1)c1ccccc1.COc1ccccc1.O=C1NCCO1. The second-order valence-electron chi connectivity index (χ2n) is 5.56. The zero-order chi connectivity index (χ0) is 21.9. The first-order valence-corrected chi connectivity index (χ1v) is 9.23. The zero-order valence-corrected chi connectivity index (χ0v) is 17.0. The van der Waals surface area contributed by atoms with Crippen molar-refractivity contribution in [2.45, 2.75) is 0 Å². The van der Waals surface area contributed by atoms with E-state index in [1.165, 1.54) is 0 Å². The number of hydrogen-bond acceptors (Lipinski definition) is 3. The van der Waals surface area contributed by atoms with Crippen LogP contribution in [-0.2, 0) is 4.74 Å². The standard InChI is InChI=1S/C14H10.C7H8O.C3H5NO2.C2H2/c1-3-7-13(8-4-1)11-12-14-9-5-2-6-10-14;1-8-7-5-3-2-4-6-7;5-3-4-1-2-6-3;1-2/h1-10H;2-6H,1H3;1-2H2,(H,4,5);1-2H. The highest BCUT2D eigenvalue weighted by Crippen LogP contribution is 2.05. The Bertz CT molecular complexity index is 860. The molecule has 1 N–H and O–H groups in total. The second-order valence-corrected chi connectivity index (χ2v) is 5.56. The lowest BCUT2D eigenvalue weighted by molar-refractivity contribution is 0.178. The van der Waals surface area contributed by atoms with Crippen LogP contribution in [0.3, 0.4) is 0 Å². The summed E-state index contributed by atoms with van der Waals surface area (Å²) in [5.74, 6) is 7.13. The van der Waals surface area contributed by atoms with E-state index in [2.05, 4.69) is 34.7 Å². The van der Waals surface area contributed by atoms with Crippen molar-refractivity contribution in [2.24, 2.45) is 0 Å². The highest BCUT2D eigenvalue weighted by atomic mass is 16.6. The van der Waals surface area contributed by atoms with E-state index in [1.807, 2.05) is 91.0 Å². The zero-order valence-electron chi connectivity index (χ0n) is 17.0. The fourth-order valence-corrected chi connectivity index (χ4v) is 2.09. The summed E-state index contributed by atoms with van der Waals surface area (Å²) in [7, 11) is 1.66. The van der Waals surface area contributed by atoms with E-state index >= 15 is 0 Å². The van der Waals surface area contributed by atoms with Crippen LogP contribution in [0.15, 0.2) is 91.0 Å². The van der Waals surface area contributed by atoms with Crippen molar-refractivity contribution >= 4 is 6.09 Å². The molecule has 4 nitrogen and oxygen atoms in total. The third-order valence-corrected chi connectivity index (χ3v) is 3.48. The van der Waals surface area contributed by atoms with Crippen molar-refractivity contribution in [2.75, 3.05) is 20.3 Å². The maximum absolute atomic E-state index is 9.91. The fourth-order valence-electron chi connectivity index (χ4n) is 2.09. The third-order valence-electron chi connectivity index (χ3n) is 3.48. The number of methoxy groups -OCH3 is 1. The van der Waals surface area contributed by atoms with Crippen LogP contribution in [0.2, 0.25) is 0 Å². The van der Waals surface area contributed by atoms with Crippen LogP contribution in [0.5, 0.6) is 5.75 Å². The lowest BCUT2D eigenvalue weighted by Gasteiger charge is -1.93.